The number of aromatic amines is 1. The van der Waals surface area contributed by atoms with Crippen LogP contribution in [0.25, 0.3) is 22.4 Å². The highest BCUT2D eigenvalue weighted by Gasteiger charge is 2.52. The lowest BCUT2D eigenvalue weighted by Gasteiger charge is -2.45. The highest BCUT2D eigenvalue weighted by Crippen LogP contribution is 2.59. The Bertz CT molecular complexity index is 1110. The Kier molecular flexibility index (Phi) is 4.36. The van der Waals surface area contributed by atoms with Gasteiger partial charge in [-0.25, -0.2) is 0 Å². The average Bonchev–Trinajstić information content (AvgIpc) is 3.37. The van der Waals surface area contributed by atoms with Crippen LogP contribution in [0.1, 0.15) is 58.8 Å². The molecule has 0 unspecified atom stereocenters. The van der Waals surface area contributed by atoms with Crippen LogP contribution >= 0.6 is 0 Å². The first kappa shape index (κ1) is 19.8. The van der Waals surface area contributed by atoms with Crippen LogP contribution in [0, 0.1) is 10.8 Å². The van der Waals surface area contributed by atoms with Crippen molar-refractivity contribution < 1.29 is 5.11 Å². The summed E-state index contributed by atoms with van der Waals surface area (Å²) in [6, 6.07) is 10.9. The van der Waals surface area contributed by atoms with E-state index >= 15 is 0 Å². The number of hydrogen-bond donors (Lipinski definition) is 2. The molecule has 0 spiro atoms. The van der Waals surface area contributed by atoms with Crippen molar-refractivity contribution in [2.24, 2.45) is 10.8 Å². The molecule has 2 N–H and O–H groups in total. The molecule has 6 nitrogen and oxygen atoms in total. The summed E-state index contributed by atoms with van der Waals surface area (Å²) in [4.78, 5) is 2.58. The zero-order valence-electron chi connectivity index (χ0n) is 18.9. The van der Waals surface area contributed by atoms with E-state index in [1.807, 2.05) is 24.4 Å². The summed E-state index contributed by atoms with van der Waals surface area (Å²) in [6.45, 7) is 4.97. The van der Waals surface area contributed by atoms with Crippen LogP contribution in [0.2, 0.25) is 0 Å². The fraction of sp³-hybridized carbons (Fsp3) is 0.500. The third kappa shape index (κ3) is 3.46. The topological polar surface area (TPSA) is 77.9 Å². The number of phenols is 1. The van der Waals surface area contributed by atoms with E-state index < -0.39 is 0 Å². The third-order valence-electron chi connectivity index (χ3n) is 8.00. The summed E-state index contributed by atoms with van der Waals surface area (Å²) >= 11 is 0. The second-order valence-electron chi connectivity index (χ2n) is 11.0. The first-order valence-corrected chi connectivity index (χ1v) is 11.9. The van der Waals surface area contributed by atoms with Gasteiger partial charge in [0.15, 0.2) is 5.82 Å². The minimum absolute atomic E-state index is 0.203. The van der Waals surface area contributed by atoms with Gasteiger partial charge in [-0.05, 0) is 85.6 Å². The molecule has 3 fully saturated rings. The highest BCUT2D eigenvalue weighted by molar-refractivity contribution is 5.73. The van der Waals surface area contributed by atoms with E-state index in [9.17, 15) is 5.11 Å². The lowest BCUT2D eigenvalue weighted by Crippen LogP contribution is -2.46. The van der Waals surface area contributed by atoms with Crippen LogP contribution in [-0.4, -0.2) is 37.6 Å². The predicted molar refractivity (Wildman–Crippen MR) is 125 cm³/mol. The Hall–Kier alpha value is -2.89. The number of nitrogens with one attached hydrogen (secondary N) is 1. The molecule has 0 amide bonds. The van der Waals surface area contributed by atoms with Crippen LogP contribution in [-0.2, 0) is 0 Å². The zero-order valence-corrected chi connectivity index (χ0v) is 18.9. The average molecular weight is 430 g/mol. The number of anilines is 1. The van der Waals surface area contributed by atoms with Gasteiger partial charge in [0.1, 0.15) is 5.75 Å². The van der Waals surface area contributed by atoms with E-state index in [2.05, 4.69) is 45.2 Å². The van der Waals surface area contributed by atoms with Gasteiger partial charge < -0.3 is 10.0 Å². The molecule has 3 atom stereocenters. The van der Waals surface area contributed by atoms with E-state index in [1.165, 1.54) is 44.9 Å². The van der Waals surface area contributed by atoms with Gasteiger partial charge in [-0.1, -0.05) is 19.9 Å². The Morgan fingerprint density at radius 2 is 1.75 bits per heavy atom. The molecule has 3 saturated carbocycles. The number of aromatic hydroxyl groups is 1. The van der Waals surface area contributed by atoms with Gasteiger partial charge in [0.05, 0.1) is 11.9 Å². The molecule has 2 aromatic heterocycles. The van der Waals surface area contributed by atoms with Gasteiger partial charge in [0, 0.05) is 29.4 Å². The lowest BCUT2D eigenvalue weighted by molar-refractivity contribution is 0.145. The number of aromatic nitrogens is 4. The van der Waals surface area contributed by atoms with E-state index in [-0.39, 0.29) is 5.75 Å². The number of rotatable bonds is 5. The number of H-pyrrole nitrogens is 1. The summed E-state index contributed by atoms with van der Waals surface area (Å²) in [5.41, 5.74) is 4.20. The van der Waals surface area contributed by atoms with Gasteiger partial charge in [0.25, 0.3) is 0 Å². The molecule has 2 heterocycles. The Morgan fingerprint density at radius 3 is 2.34 bits per heavy atom. The SMILES string of the molecule is C[C@]12CC[C@](C)(C[C@@H](N(c3ccc(-c4ccc(-c5cn[nH]c5)cc4O)nn3)C3CC3)C1)C2. The van der Waals surface area contributed by atoms with Gasteiger partial charge in [-0.2, -0.15) is 5.10 Å². The first-order chi connectivity index (χ1) is 15.4. The van der Waals surface area contributed by atoms with Gasteiger partial charge in [-0.15, -0.1) is 10.2 Å². The van der Waals surface area contributed by atoms with Crippen molar-refractivity contribution in [2.75, 3.05) is 4.90 Å². The van der Waals surface area contributed by atoms with E-state index in [4.69, 9.17) is 0 Å². The zero-order chi connectivity index (χ0) is 21.9. The summed E-state index contributed by atoms with van der Waals surface area (Å²) < 4.78 is 0. The molecule has 0 radical (unpaired) electrons. The molecule has 3 aliphatic rings. The van der Waals surface area contributed by atoms with Crippen molar-refractivity contribution >= 4 is 5.82 Å². The molecule has 3 aliphatic carbocycles. The summed E-state index contributed by atoms with van der Waals surface area (Å²) in [6.07, 6.45) is 12.7. The van der Waals surface area contributed by atoms with Crippen LogP contribution in [0.4, 0.5) is 5.82 Å². The molecule has 6 heteroatoms. The standard InChI is InChI=1S/C26H31N5O/c1-25-9-10-26(2,16-25)13-20(12-25)31(19-4-5-19)24-8-7-22(29-30-24)21-6-3-17(11-23(21)32)18-14-27-28-15-18/h3,6-8,11,14-15,19-20,32H,4-5,9-10,12-13,16H2,1-2H3,(H,27,28)/t20-,25-,26+. The summed E-state index contributed by atoms with van der Waals surface area (Å²) in [7, 11) is 0. The number of nitrogens with zero attached hydrogens (tertiary/aromatic N) is 4. The predicted octanol–water partition coefficient (Wildman–Crippen LogP) is 5.57. The van der Waals surface area contributed by atoms with Crippen molar-refractivity contribution in [1.29, 1.82) is 0 Å². The van der Waals surface area contributed by atoms with E-state index in [0.717, 1.165) is 16.9 Å². The van der Waals surface area contributed by atoms with E-state index in [0.29, 0.717) is 34.2 Å². The molecular formula is C26H31N5O. The first-order valence-electron chi connectivity index (χ1n) is 11.9. The minimum Gasteiger partial charge on any atom is -0.507 e. The number of benzene rings is 1. The number of phenolic OH excluding ortho intramolecular Hbond substituents is 1. The van der Waals surface area contributed by atoms with Crippen LogP contribution in [0.15, 0.2) is 42.7 Å². The Morgan fingerprint density at radius 1 is 0.969 bits per heavy atom. The van der Waals surface area contributed by atoms with Crippen LogP contribution < -0.4 is 4.90 Å². The fourth-order valence-corrected chi connectivity index (χ4v) is 6.53. The van der Waals surface area contributed by atoms with Crippen molar-refractivity contribution in [3.63, 3.8) is 0 Å². The van der Waals surface area contributed by atoms with Crippen molar-refractivity contribution in [1.82, 2.24) is 20.4 Å². The molecule has 0 saturated heterocycles. The lowest BCUT2D eigenvalue weighted by atomic mass is 9.68. The molecule has 2 bridgehead atoms. The smallest absolute Gasteiger partial charge is 0.151 e. The number of hydrogen-bond acceptors (Lipinski definition) is 5. The van der Waals surface area contributed by atoms with Crippen LogP contribution in [0.5, 0.6) is 5.75 Å². The molecule has 32 heavy (non-hydrogen) atoms. The number of fused-ring (bicyclic) bond motifs is 2. The second kappa shape index (κ2) is 7.06. The third-order valence-corrected chi connectivity index (χ3v) is 8.00. The van der Waals surface area contributed by atoms with Crippen molar-refractivity contribution in [3.8, 4) is 28.1 Å². The Balaban J connectivity index is 1.27. The molecule has 166 valence electrons. The maximum Gasteiger partial charge on any atom is 0.151 e. The molecule has 3 aromatic rings. The minimum atomic E-state index is 0.203. The second-order valence-corrected chi connectivity index (χ2v) is 11.0. The van der Waals surface area contributed by atoms with Gasteiger partial charge >= 0.3 is 0 Å². The van der Waals surface area contributed by atoms with Crippen molar-refractivity contribution in [2.45, 2.75) is 70.9 Å². The van der Waals surface area contributed by atoms with Crippen LogP contribution in [0.3, 0.4) is 0 Å². The van der Waals surface area contributed by atoms with E-state index in [1.54, 1.807) is 12.3 Å². The monoisotopic (exact) mass is 429 g/mol. The summed E-state index contributed by atoms with van der Waals surface area (Å²) in [5.74, 6) is 1.19. The fourth-order valence-electron chi connectivity index (χ4n) is 6.53. The normalized spacial score (nSPS) is 29.2. The van der Waals surface area contributed by atoms with Gasteiger partial charge in [-0.3, -0.25) is 5.10 Å². The molecular weight excluding hydrogens is 398 g/mol. The Labute approximate surface area is 189 Å². The maximum absolute atomic E-state index is 10.6. The highest BCUT2D eigenvalue weighted by atomic mass is 16.3. The van der Waals surface area contributed by atoms with Crippen molar-refractivity contribution in [3.05, 3.63) is 42.7 Å². The largest absolute Gasteiger partial charge is 0.507 e. The molecule has 0 aliphatic heterocycles. The summed E-state index contributed by atoms with van der Waals surface area (Å²) in [5, 5.41) is 26.6. The molecule has 6 rings (SSSR count). The quantitative estimate of drug-likeness (QED) is 0.555. The maximum atomic E-state index is 10.6. The molecule has 1 aromatic carbocycles. The van der Waals surface area contributed by atoms with Gasteiger partial charge in [0.2, 0.25) is 0 Å².